The number of pyridine rings is 1. The Morgan fingerprint density at radius 2 is 2.05 bits per heavy atom. The Bertz CT molecular complexity index is 640. The number of carbonyl (C=O) groups is 1. The van der Waals surface area contributed by atoms with E-state index in [1.807, 2.05) is 42.2 Å². The van der Waals surface area contributed by atoms with E-state index in [9.17, 15) is 4.79 Å². The molecular formula is C14H12BrN3O. The van der Waals surface area contributed by atoms with Crippen molar-refractivity contribution in [2.24, 2.45) is 0 Å². The number of anilines is 3. The molecule has 5 heteroatoms. The van der Waals surface area contributed by atoms with Gasteiger partial charge in [-0.05, 0) is 41.1 Å². The zero-order valence-corrected chi connectivity index (χ0v) is 11.9. The maximum atomic E-state index is 11.8. The normalized spacial score (nSPS) is 14.0. The summed E-state index contributed by atoms with van der Waals surface area (Å²) >= 11 is 3.36. The molecule has 2 heterocycles. The summed E-state index contributed by atoms with van der Waals surface area (Å²) in [7, 11) is 0. The first-order chi connectivity index (χ1) is 9.13. The van der Waals surface area contributed by atoms with Crippen molar-refractivity contribution in [1.29, 1.82) is 0 Å². The van der Waals surface area contributed by atoms with Crippen molar-refractivity contribution >= 4 is 39.0 Å². The number of aromatic nitrogens is 1. The number of halogens is 1. The van der Waals surface area contributed by atoms with Crippen LogP contribution in [0.3, 0.4) is 0 Å². The Kier molecular flexibility index (Phi) is 2.98. The van der Waals surface area contributed by atoms with E-state index in [2.05, 4.69) is 26.2 Å². The van der Waals surface area contributed by atoms with Crippen LogP contribution in [0.25, 0.3) is 0 Å². The minimum atomic E-state index is -0.0343. The largest absolute Gasteiger partial charge is 0.321 e. The van der Waals surface area contributed by atoms with E-state index in [4.69, 9.17) is 0 Å². The lowest BCUT2D eigenvalue weighted by molar-refractivity contribution is -0.115. The molecule has 1 N–H and O–H groups in total. The zero-order chi connectivity index (χ0) is 13.4. The highest BCUT2D eigenvalue weighted by molar-refractivity contribution is 9.10. The van der Waals surface area contributed by atoms with Crippen molar-refractivity contribution in [3.63, 3.8) is 0 Å². The van der Waals surface area contributed by atoms with Crippen LogP contribution in [0.4, 0.5) is 17.2 Å². The van der Waals surface area contributed by atoms with Gasteiger partial charge in [0.25, 0.3) is 0 Å². The number of nitrogens with zero attached hydrogens (tertiary/aromatic N) is 2. The number of nitrogens with one attached hydrogen (secondary N) is 1. The second-order valence-corrected chi connectivity index (χ2v) is 5.41. The fourth-order valence-corrected chi connectivity index (χ4v) is 2.42. The van der Waals surface area contributed by atoms with Crippen molar-refractivity contribution in [1.82, 2.24) is 4.98 Å². The first-order valence-corrected chi connectivity index (χ1v) is 6.72. The number of aryl methyl sites for hydroxylation is 1. The first-order valence-electron chi connectivity index (χ1n) is 5.93. The highest BCUT2D eigenvalue weighted by Crippen LogP contribution is 2.34. The molecule has 3 rings (SSSR count). The number of fused-ring (bicyclic) bond motifs is 1. The van der Waals surface area contributed by atoms with Crippen LogP contribution in [0.2, 0.25) is 0 Å². The predicted octanol–water partition coefficient (Wildman–Crippen LogP) is 3.24. The maximum Gasteiger partial charge on any atom is 0.244 e. The van der Waals surface area contributed by atoms with Gasteiger partial charge in [-0.15, -0.1) is 0 Å². The Labute approximate surface area is 119 Å². The molecule has 0 saturated carbocycles. The summed E-state index contributed by atoms with van der Waals surface area (Å²) in [5.41, 5.74) is 2.89. The number of amides is 1. The molecule has 96 valence electrons. The number of hydrogen-bond acceptors (Lipinski definition) is 3. The summed E-state index contributed by atoms with van der Waals surface area (Å²) in [4.78, 5) is 18.1. The first kappa shape index (κ1) is 12.2. The molecule has 0 unspecified atom stereocenters. The standard InChI is InChI=1S/C14H12BrN3O/c1-9-2-4-11(5-3-9)18-8-13(19)17-12-6-10(15)7-16-14(12)18/h2-7H,8H2,1H3,(H,17,19). The van der Waals surface area contributed by atoms with Crippen molar-refractivity contribution in [2.45, 2.75) is 6.92 Å². The molecule has 1 aliphatic heterocycles. The lowest BCUT2D eigenvalue weighted by atomic mass is 10.2. The second-order valence-electron chi connectivity index (χ2n) is 4.49. The van der Waals surface area contributed by atoms with Crippen molar-refractivity contribution in [3.05, 3.63) is 46.6 Å². The summed E-state index contributed by atoms with van der Waals surface area (Å²) in [6.07, 6.45) is 1.73. The number of rotatable bonds is 1. The molecule has 1 amide bonds. The van der Waals surface area contributed by atoms with Crippen LogP contribution in [0, 0.1) is 6.92 Å². The zero-order valence-electron chi connectivity index (χ0n) is 10.4. The molecule has 0 bridgehead atoms. The lowest BCUT2D eigenvalue weighted by Gasteiger charge is -2.29. The van der Waals surface area contributed by atoms with Gasteiger partial charge in [-0.1, -0.05) is 17.7 Å². The Morgan fingerprint density at radius 1 is 1.32 bits per heavy atom. The van der Waals surface area contributed by atoms with Gasteiger partial charge in [-0.3, -0.25) is 4.79 Å². The molecule has 0 aliphatic carbocycles. The molecule has 1 aliphatic rings. The van der Waals surface area contributed by atoms with E-state index in [0.29, 0.717) is 0 Å². The number of carbonyl (C=O) groups excluding carboxylic acids is 1. The SMILES string of the molecule is Cc1ccc(N2CC(=O)Nc3cc(Br)cnc32)cc1. The average molecular weight is 318 g/mol. The predicted molar refractivity (Wildman–Crippen MR) is 78.8 cm³/mol. The molecule has 4 nitrogen and oxygen atoms in total. The third-order valence-electron chi connectivity index (χ3n) is 3.01. The second kappa shape index (κ2) is 4.66. The minimum Gasteiger partial charge on any atom is -0.321 e. The topological polar surface area (TPSA) is 45.2 Å². The van der Waals surface area contributed by atoms with Crippen LogP contribution in [0.5, 0.6) is 0 Å². The summed E-state index contributed by atoms with van der Waals surface area (Å²) in [5.74, 6) is 0.736. The van der Waals surface area contributed by atoms with Crippen molar-refractivity contribution in [3.8, 4) is 0 Å². The third kappa shape index (κ3) is 2.33. The van der Waals surface area contributed by atoms with E-state index in [-0.39, 0.29) is 12.5 Å². The molecule has 2 aromatic rings. The van der Waals surface area contributed by atoms with Crippen LogP contribution in [-0.2, 0) is 4.79 Å². The summed E-state index contributed by atoms with van der Waals surface area (Å²) in [6.45, 7) is 2.32. The monoisotopic (exact) mass is 317 g/mol. The molecule has 0 radical (unpaired) electrons. The number of hydrogen-bond donors (Lipinski definition) is 1. The molecule has 0 atom stereocenters. The van der Waals surface area contributed by atoms with Gasteiger partial charge < -0.3 is 10.2 Å². The van der Waals surface area contributed by atoms with Gasteiger partial charge in [0.15, 0.2) is 5.82 Å². The van der Waals surface area contributed by atoms with Gasteiger partial charge in [0.2, 0.25) is 5.91 Å². The molecule has 0 saturated heterocycles. The molecule has 1 aromatic carbocycles. The average Bonchev–Trinajstić information content (AvgIpc) is 2.38. The lowest BCUT2D eigenvalue weighted by Crippen LogP contribution is -2.35. The third-order valence-corrected chi connectivity index (χ3v) is 3.44. The Hall–Kier alpha value is -1.88. The highest BCUT2D eigenvalue weighted by atomic mass is 79.9. The molecular weight excluding hydrogens is 306 g/mol. The van der Waals surface area contributed by atoms with E-state index in [0.717, 1.165) is 21.7 Å². The molecule has 0 spiro atoms. The van der Waals surface area contributed by atoms with E-state index < -0.39 is 0 Å². The quantitative estimate of drug-likeness (QED) is 0.878. The Morgan fingerprint density at radius 3 is 2.79 bits per heavy atom. The fourth-order valence-electron chi connectivity index (χ4n) is 2.09. The van der Waals surface area contributed by atoms with Gasteiger partial charge in [0.1, 0.15) is 6.54 Å². The van der Waals surface area contributed by atoms with Gasteiger partial charge in [0.05, 0.1) is 5.69 Å². The van der Waals surface area contributed by atoms with E-state index >= 15 is 0 Å². The number of benzene rings is 1. The fraction of sp³-hybridized carbons (Fsp3) is 0.143. The van der Waals surface area contributed by atoms with Crippen LogP contribution in [0.1, 0.15) is 5.56 Å². The van der Waals surface area contributed by atoms with Crippen LogP contribution in [0.15, 0.2) is 41.0 Å². The summed E-state index contributed by atoms with van der Waals surface area (Å²) < 4.78 is 0.845. The molecule has 0 fully saturated rings. The van der Waals surface area contributed by atoms with Gasteiger partial charge in [-0.25, -0.2) is 4.98 Å². The van der Waals surface area contributed by atoms with Crippen molar-refractivity contribution in [2.75, 3.05) is 16.8 Å². The van der Waals surface area contributed by atoms with Crippen molar-refractivity contribution < 1.29 is 4.79 Å². The molecule has 1 aromatic heterocycles. The van der Waals surface area contributed by atoms with Crippen LogP contribution < -0.4 is 10.2 Å². The van der Waals surface area contributed by atoms with Gasteiger partial charge in [-0.2, -0.15) is 0 Å². The van der Waals surface area contributed by atoms with Crippen LogP contribution in [-0.4, -0.2) is 17.4 Å². The molecule has 19 heavy (non-hydrogen) atoms. The van der Waals surface area contributed by atoms with E-state index in [1.54, 1.807) is 6.20 Å². The van der Waals surface area contributed by atoms with E-state index in [1.165, 1.54) is 5.56 Å². The summed E-state index contributed by atoms with van der Waals surface area (Å²) in [6, 6.07) is 9.92. The maximum absolute atomic E-state index is 11.8. The Balaban J connectivity index is 2.08. The van der Waals surface area contributed by atoms with Gasteiger partial charge in [0, 0.05) is 16.4 Å². The minimum absolute atomic E-state index is 0.0343. The van der Waals surface area contributed by atoms with Crippen LogP contribution >= 0.6 is 15.9 Å². The smallest absolute Gasteiger partial charge is 0.244 e. The van der Waals surface area contributed by atoms with Gasteiger partial charge >= 0.3 is 0 Å². The summed E-state index contributed by atoms with van der Waals surface area (Å²) in [5, 5.41) is 2.84. The highest BCUT2D eigenvalue weighted by Gasteiger charge is 2.24.